The summed E-state index contributed by atoms with van der Waals surface area (Å²) in [5.74, 6) is -0.987. The molecule has 1 rings (SSSR count). The minimum atomic E-state index is -0.707. The van der Waals surface area contributed by atoms with E-state index in [-0.39, 0.29) is 5.92 Å². The van der Waals surface area contributed by atoms with Crippen molar-refractivity contribution in [3.63, 3.8) is 0 Å². The molecule has 90 valence electrons. The van der Waals surface area contributed by atoms with Crippen LogP contribution in [-0.4, -0.2) is 17.6 Å². The van der Waals surface area contributed by atoms with Crippen LogP contribution in [0, 0.1) is 5.92 Å². The van der Waals surface area contributed by atoms with Crippen molar-refractivity contribution >= 4 is 33.2 Å². The smallest absolute Gasteiger partial charge is 0.306 e. The number of halogens is 1. The van der Waals surface area contributed by atoms with Gasteiger partial charge in [-0.1, -0.05) is 6.42 Å². The lowest BCUT2D eigenvalue weighted by atomic mass is 9.98. The van der Waals surface area contributed by atoms with Gasteiger partial charge in [0.2, 0.25) is 0 Å². The lowest BCUT2D eigenvalue weighted by Gasteiger charge is -2.10. The van der Waals surface area contributed by atoms with Gasteiger partial charge in [0.25, 0.3) is 0 Å². The molecule has 0 saturated heterocycles. The predicted octanol–water partition coefficient (Wildman–Crippen LogP) is 2.88. The molecule has 0 spiro atoms. The zero-order valence-electron chi connectivity index (χ0n) is 8.99. The first-order valence-electron chi connectivity index (χ1n) is 5.29. The lowest BCUT2D eigenvalue weighted by Crippen LogP contribution is -2.16. The Kier molecular flexibility index (Phi) is 6.01. The molecule has 16 heavy (non-hydrogen) atoms. The second kappa shape index (κ2) is 7.04. The number of hydrogen-bond acceptors (Lipinski definition) is 3. The summed E-state index contributed by atoms with van der Waals surface area (Å²) in [4.78, 5) is 12.2. The molecule has 3 N–H and O–H groups in total. The van der Waals surface area contributed by atoms with E-state index in [1.165, 1.54) is 0 Å². The molecular formula is C11H16BrNO2S. The summed E-state index contributed by atoms with van der Waals surface area (Å²) in [5, 5.41) is 11.1. The van der Waals surface area contributed by atoms with Gasteiger partial charge in [-0.05, 0) is 47.8 Å². The Hall–Kier alpha value is -0.390. The van der Waals surface area contributed by atoms with E-state index in [4.69, 9.17) is 10.8 Å². The number of rotatable bonds is 7. The van der Waals surface area contributed by atoms with E-state index in [0.717, 1.165) is 22.2 Å². The molecule has 0 radical (unpaired) electrons. The monoisotopic (exact) mass is 305 g/mol. The minimum Gasteiger partial charge on any atom is -0.481 e. The minimum absolute atomic E-state index is 0.280. The first kappa shape index (κ1) is 13.7. The van der Waals surface area contributed by atoms with Crippen LogP contribution in [0.3, 0.4) is 0 Å². The van der Waals surface area contributed by atoms with E-state index in [1.807, 2.05) is 11.4 Å². The third-order valence-corrected chi connectivity index (χ3v) is 4.15. The normalized spacial score (nSPS) is 12.6. The summed E-state index contributed by atoms with van der Waals surface area (Å²) in [5.41, 5.74) is 5.40. The standard InChI is InChI=1S/C11H16BrNO2S/c12-9-6-10(16-7-9)5-8(11(14)15)3-1-2-4-13/h6-8H,1-5,13H2,(H,14,15). The van der Waals surface area contributed by atoms with Gasteiger partial charge < -0.3 is 10.8 Å². The number of unbranched alkanes of at least 4 members (excludes halogenated alkanes) is 1. The first-order chi connectivity index (χ1) is 7.63. The summed E-state index contributed by atoms with van der Waals surface area (Å²) in [6.07, 6.45) is 3.12. The molecule has 3 nitrogen and oxygen atoms in total. The van der Waals surface area contributed by atoms with Crippen LogP contribution >= 0.6 is 27.3 Å². The van der Waals surface area contributed by atoms with Crippen LogP contribution in [0.25, 0.3) is 0 Å². The van der Waals surface area contributed by atoms with E-state index in [2.05, 4.69) is 15.9 Å². The number of carbonyl (C=O) groups is 1. The Morgan fingerprint density at radius 2 is 2.31 bits per heavy atom. The van der Waals surface area contributed by atoms with Crippen LogP contribution in [-0.2, 0) is 11.2 Å². The molecule has 0 aromatic carbocycles. The Bertz CT molecular complexity index is 340. The molecule has 0 fully saturated rings. The fraction of sp³-hybridized carbons (Fsp3) is 0.545. The second-order valence-electron chi connectivity index (χ2n) is 3.75. The van der Waals surface area contributed by atoms with Crippen molar-refractivity contribution in [2.45, 2.75) is 25.7 Å². The molecular weight excluding hydrogens is 290 g/mol. The van der Waals surface area contributed by atoms with Crippen LogP contribution in [0.5, 0.6) is 0 Å². The van der Waals surface area contributed by atoms with Crippen molar-refractivity contribution in [3.05, 3.63) is 20.8 Å². The van der Waals surface area contributed by atoms with E-state index in [9.17, 15) is 4.79 Å². The van der Waals surface area contributed by atoms with Crippen molar-refractivity contribution in [3.8, 4) is 0 Å². The molecule has 1 heterocycles. The van der Waals surface area contributed by atoms with Gasteiger partial charge in [-0.15, -0.1) is 11.3 Å². The molecule has 1 unspecified atom stereocenters. The van der Waals surface area contributed by atoms with Gasteiger partial charge in [-0.2, -0.15) is 0 Å². The number of hydrogen-bond donors (Lipinski definition) is 2. The largest absolute Gasteiger partial charge is 0.481 e. The van der Waals surface area contributed by atoms with Gasteiger partial charge in [0.15, 0.2) is 0 Å². The van der Waals surface area contributed by atoms with Gasteiger partial charge in [0.05, 0.1) is 5.92 Å². The fourth-order valence-corrected chi connectivity index (χ4v) is 3.08. The maximum absolute atomic E-state index is 11.1. The third-order valence-electron chi connectivity index (χ3n) is 2.43. The topological polar surface area (TPSA) is 63.3 Å². The average Bonchev–Trinajstić information content (AvgIpc) is 2.63. The Morgan fingerprint density at radius 3 is 2.81 bits per heavy atom. The van der Waals surface area contributed by atoms with Gasteiger partial charge in [-0.3, -0.25) is 4.79 Å². The second-order valence-corrected chi connectivity index (χ2v) is 5.67. The van der Waals surface area contributed by atoms with Crippen molar-refractivity contribution < 1.29 is 9.90 Å². The van der Waals surface area contributed by atoms with Crippen molar-refractivity contribution in [2.75, 3.05) is 6.54 Å². The number of thiophene rings is 1. The molecule has 0 saturated carbocycles. The van der Waals surface area contributed by atoms with Gasteiger partial charge in [0.1, 0.15) is 0 Å². The average molecular weight is 306 g/mol. The molecule has 0 aliphatic carbocycles. The Balaban J connectivity index is 2.47. The summed E-state index contributed by atoms with van der Waals surface area (Å²) in [6.45, 7) is 0.636. The number of aliphatic carboxylic acids is 1. The molecule has 1 atom stereocenters. The summed E-state index contributed by atoms with van der Waals surface area (Å²) < 4.78 is 1.03. The Morgan fingerprint density at radius 1 is 1.56 bits per heavy atom. The zero-order valence-corrected chi connectivity index (χ0v) is 11.4. The summed E-state index contributed by atoms with van der Waals surface area (Å²) in [6, 6.07) is 1.99. The van der Waals surface area contributed by atoms with Crippen LogP contribution in [0.1, 0.15) is 24.1 Å². The van der Waals surface area contributed by atoms with Crippen molar-refractivity contribution in [1.29, 1.82) is 0 Å². The quantitative estimate of drug-likeness (QED) is 0.761. The third kappa shape index (κ3) is 4.63. The van der Waals surface area contributed by atoms with Crippen LogP contribution in [0.15, 0.2) is 15.9 Å². The van der Waals surface area contributed by atoms with E-state index >= 15 is 0 Å². The number of carboxylic acid groups (broad SMARTS) is 1. The van der Waals surface area contributed by atoms with Crippen LogP contribution in [0.2, 0.25) is 0 Å². The van der Waals surface area contributed by atoms with Gasteiger partial charge in [-0.25, -0.2) is 0 Å². The van der Waals surface area contributed by atoms with E-state index < -0.39 is 5.97 Å². The molecule has 0 aliphatic rings. The maximum atomic E-state index is 11.1. The summed E-state index contributed by atoms with van der Waals surface area (Å²) >= 11 is 4.97. The summed E-state index contributed by atoms with van der Waals surface area (Å²) in [7, 11) is 0. The first-order valence-corrected chi connectivity index (χ1v) is 6.96. The van der Waals surface area contributed by atoms with E-state index in [1.54, 1.807) is 11.3 Å². The van der Waals surface area contributed by atoms with Crippen molar-refractivity contribution in [1.82, 2.24) is 0 Å². The molecule has 1 aromatic rings. The highest BCUT2D eigenvalue weighted by molar-refractivity contribution is 9.10. The molecule has 1 aromatic heterocycles. The van der Waals surface area contributed by atoms with Gasteiger partial charge >= 0.3 is 5.97 Å². The highest BCUT2D eigenvalue weighted by Crippen LogP contribution is 2.24. The van der Waals surface area contributed by atoms with E-state index in [0.29, 0.717) is 19.4 Å². The molecule has 0 amide bonds. The van der Waals surface area contributed by atoms with Crippen molar-refractivity contribution in [2.24, 2.45) is 11.7 Å². The van der Waals surface area contributed by atoms with Crippen LogP contribution < -0.4 is 5.73 Å². The molecule has 5 heteroatoms. The highest BCUT2D eigenvalue weighted by atomic mass is 79.9. The molecule has 0 bridgehead atoms. The lowest BCUT2D eigenvalue weighted by molar-refractivity contribution is -0.141. The fourth-order valence-electron chi connectivity index (χ4n) is 1.55. The Labute approximate surface area is 108 Å². The maximum Gasteiger partial charge on any atom is 0.306 e. The molecule has 0 aliphatic heterocycles. The van der Waals surface area contributed by atoms with Crippen LogP contribution in [0.4, 0.5) is 0 Å². The predicted molar refractivity (Wildman–Crippen MR) is 69.8 cm³/mol. The number of nitrogens with two attached hydrogens (primary N) is 1. The highest BCUT2D eigenvalue weighted by Gasteiger charge is 2.18. The number of carboxylic acids is 1. The zero-order chi connectivity index (χ0) is 12.0. The SMILES string of the molecule is NCCCCC(Cc1cc(Br)cs1)C(=O)O. The van der Waals surface area contributed by atoms with Gasteiger partial charge in [0, 0.05) is 14.7 Å².